The van der Waals surface area contributed by atoms with Crippen molar-refractivity contribution < 1.29 is 9.59 Å². The van der Waals surface area contributed by atoms with Gasteiger partial charge in [-0.2, -0.15) is 0 Å². The van der Waals surface area contributed by atoms with Gasteiger partial charge in [0.15, 0.2) is 0 Å². The number of carbonyl (C=O) groups excluding carboxylic acids is 2. The molecule has 1 aromatic carbocycles. The van der Waals surface area contributed by atoms with Gasteiger partial charge in [0.2, 0.25) is 11.8 Å². The normalized spacial score (nSPS) is 14.1. The molecule has 0 bridgehead atoms. The molecule has 0 aliphatic carbocycles. The van der Waals surface area contributed by atoms with E-state index in [1.54, 1.807) is 14.1 Å². The fourth-order valence-corrected chi connectivity index (χ4v) is 3.14. The lowest BCUT2D eigenvalue weighted by Gasteiger charge is -2.24. The number of hydrogen-bond acceptors (Lipinski definition) is 4. The predicted molar refractivity (Wildman–Crippen MR) is 85.7 cm³/mol. The van der Waals surface area contributed by atoms with E-state index in [4.69, 9.17) is 0 Å². The number of anilines is 1. The predicted octanol–water partition coefficient (Wildman–Crippen LogP) is 1.19. The van der Waals surface area contributed by atoms with Gasteiger partial charge in [0.25, 0.3) is 0 Å². The van der Waals surface area contributed by atoms with Crippen molar-refractivity contribution in [1.82, 2.24) is 10.2 Å². The van der Waals surface area contributed by atoms with Crippen molar-refractivity contribution in [3.05, 3.63) is 24.3 Å². The van der Waals surface area contributed by atoms with Gasteiger partial charge in [-0.05, 0) is 24.3 Å². The molecule has 21 heavy (non-hydrogen) atoms. The summed E-state index contributed by atoms with van der Waals surface area (Å²) in [6, 6.07) is 8.15. The van der Waals surface area contributed by atoms with E-state index in [1.807, 2.05) is 30.0 Å². The molecule has 0 spiro atoms. The highest BCUT2D eigenvalue weighted by Gasteiger charge is 2.18. The molecule has 114 valence electrons. The molecule has 2 amide bonds. The summed E-state index contributed by atoms with van der Waals surface area (Å²) in [7, 11) is 3.35. The van der Waals surface area contributed by atoms with Crippen LogP contribution in [-0.4, -0.2) is 56.2 Å². The van der Waals surface area contributed by atoms with Gasteiger partial charge >= 0.3 is 0 Å². The molecule has 2 rings (SSSR count). The van der Waals surface area contributed by atoms with Crippen LogP contribution in [0.25, 0.3) is 0 Å². The minimum Gasteiger partial charge on any atom is -0.361 e. The first kappa shape index (κ1) is 15.7. The van der Waals surface area contributed by atoms with E-state index < -0.39 is 0 Å². The third kappa shape index (κ3) is 4.39. The molecule has 0 unspecified atom stereocenters. The molecule has 0 radical (unpaired) electrons. The number of thioether (sulfide) groups is 1. The average molecular weight is 307 g/mol. The maximum atomic E-state index is 12.0. The van der Waals surface area contributed by atoms with Gasteiger partial charge in [-0.1, -0.05) is 12.1 Å². The second kappa shape index (κ2) is 7.36. The molecular formula is C15H21N3O2S. The minimum atomic E-state index is -0.119. The fraction of sp³-hybridized carbons (Fsp3) is 0.467. The molecule has 1 heterocycles. The number of nitrogens with one attached hydrogen (secondary N) is 1. The number of carbonyl (C=O) groups is 2. The Morgan fingerprint density at radius 3 is 2.86 bits per heavy atom. The number of benzene rings is 1. The van der Waals surface area contributed by atoms with E-state index in [2.05, 4.69) is 16.3 Å². The van der Waals surface area contributed by atoms with Crippen molar-refractivity contribution in [1.29, 1.82) is 0 Å². The van der Waals surface area contributed by atoms with Gasteiger partial charge in [-0.3, -0.25) is 9.59 Å². The maximum absolute atomic E-state index is 12.0. The molecule has 0 fully saturated rings. The van der Waals surface area contributed by atoms with Crippen molar-refractivity contribution in [3.63, 3.8) is 0 Å². The number of amides is 2. The SMILES string of the molecule is CN(C)C(=O)CNC(=O)CN1CCCSc2ccccc21. The van der Waals surface area contributed by atoms with Crippen LogP contribution in [0.15, 0.2) is 29.2 Å². The van der Waals surface area contributed by atoms with Crippen LogP contribution in [0, 0.1) is 0 Å². The van der Waals surface area contributed by atoms with Crippen molar-refractivity contribution in [2.24, 2.45) is 0 Å². The average Bonchev–Trinajstić information content (AvgIpc) is 2.67. The van der Waals surface area contributed by atoms with Gasteiger partial charge in [0.1, 0.15) is 0 Å². The van der Waals surface area contributed by atoms with Gasteiger partial charge in [0.05, 0.1) is 18.8 Å². The molecule has 1 aliphatic rings. The second-order valence-electron chi connectivity index (χ2n) is 5.16. The van der Waals surface area contributed by atoms with Crippen LogP contribution in [0.3, 0.4) is 0 Å². The quantitative estimate of drug-likeness (QED) is 0.908. The van der Waals surface area contributed by atoms with E-state index >= 15 is 0 Å². The van der Waals surface area contributed by atoms with Crippen LogP contribution in [0.5, 0.6) is 0 Å². The van der Waals surface area contributed by atoms with Gasteiger partial charge in [-0.25, -0.2) is 0 Å². The zero-order valence-corrected chi connectivity index (χ0v) is 13.3. The molecule has 0 saturated heterocycles. The molecule has 5 nitrogen and oxygen atoms in total. The number of nitrogens with zero attached hydrogens (tertiary/aromatic N) is 2. The summed E-state index contributed by atoms with van der Waals surface area (Å²) in [6.45, 7) is 1.20. The maximum Gasteiger partial charge on any atom is 0.241 e. The first-order valence-electron chi connectivity index (χ1n) is 7.01. The highest BCUT2D eigenvalue weighted by Crippen LogP contribution is 2.33. The zero-order valence-electron chi connectivity index (χ0n) is 12.5. The lowest BCUT2D eigenvalue weighted by atomic mass is 10.2. The van der Waals surface area contributed by atoms with Crippen LogP contribution in [0.1, 0.15) is 6.42 Å². The van der Waals surface area contributed by atoms with Crippen LogP contribution >= 0.6 is 11.8 Å². The van der Waals surface area contributed by atoms with Gasteiger partial charge < -0.3 is 15.1 Å². The highest BCUT2D eigenvalue weighted by molar-refractivity contribution is 7.99. The minimum absolute atomic E-state index is 0.0517. The number of fused-ring (bicyclic) bond motifs is 1. The summed E-state index contributed by atoms with van der Waals surface area (Å²) in [6.07, 6.45) is 1.04. The van der Waals surface area contributed by atoms with Crippen LogP contribution in [-0.2, 0) is 9.59 Å². The molecule has 6 heteroatoms. The zero-order chi connectivity index (χ0) is 15.2. The van der Waals surface area contributed by atoms with Crippen LogP contribution in [0.2, 0.25) is 0 Å². The summed E-state index contributed by atoms with van der Waals surface area (Å²) < 4.78 is 0. The number of para-hydroxylation sites is 1. The molecular weight excluding hydrogens is 286 g/mol. The second-order valence-corrected chi connectivity index (χ2v) is 6.29. The largest absolute Gasteiger partial charge is 0.361 e. The van der Waals surface area contributed by atoms with E-state index in [0.29, 0.717) is 0 Å². The number of hydrogen-bond donors (Lipinski definition) is 1. The standard InChI is InChI=1S/C15H21N3O2S/c1-17(2)15(20)10-16-14(19)11-18-8-5-9-21-13-7-4-3-6-12(13)18/h3-4,6-7H,5,8-11H2,1-2H3,(H,16,19). The molecule has 0 atom stereocenters. The molecule has 0 aromatic heterocycles. The van der Waals surface area contributed by atoms with Gasteiger partial charge in [0, 0.05) is 25.5 Å². The molecule has 1 aromatic rings. The highest BCUT2D eigenvalue weighted by atomic mass is 32.2. The summed E-state index contributed by atoms with van der Waals surface area (Å²) in [5, 5.41) is 2.68. The van der Waals surface area contributed by atoms with Crippen LogP contribution in [0.4, 0.5) is 5.69 Å². The Labute approximate surface area is 129 Å². The molecule has 1 aliphatic heterocycles. The van der Waals surface area contributed by atoms with Crippen molar-refractivity contribution in [2.45, 2.75) is 11.3 Å². The lowest BCUT2D eigenvalue weighted by molar-refractivity contribution is -0.130. The Hall–Kier alpha value is -1.69. The smallest absolute Gasteiger partial charge is 0.241 e. The van der Waals surface area contributed by atoms with Crippen molar-refractivity contribution in [3.8, 4) is 0 Å². The summed E-state index contributed by atoms with van der Waals surface area (Å²) in [4.78, 5) is 28.3. The lowest BCUT2D eigenvalue weighted by Crippen LogP contribution is -2.42. The summed E-state index contributed by atoms with van der Waals surface area (Å²) in [5.74, 6) is 0.843. The van der Waals surface area contributed by atoms with E-state index in [1.165, 1.54) is 9.80 Å². The third-order valence-corrected chi connectivity index (χ3v) is 4.45. The first-order chi connectivity index (χ1) is 10.1. The molecule has 1 N–H and O–H groups in total. The number of rotatable bonds is 4. The van der Waals surface area contributed by atoms with Crippen molar-refractivity contribution >= 4 is 29.3 Å². The third-order valence-electron chi connectivity index (χ3n) is 3.31. The topological polar surface area (TPSA) is 52.7 Å². The fourth-order valence-electron chi connectivity index (χ4n) is 2.12. The van der Waals surface area contributed by atoms with Gasteiger partial charge in [-0.15, -0.1) is 11.8 Å². The molecule has 0 saturated carbocycles. The number of likely N-dealkylation sites (N-methyl/N-ethyl adjacent to an activating group) is 1. The Bertz CT molecular complexity index is 519. The van der Waals surface area contributed by atoms with E-state index in [9.17, 15) is 9.59 Å². The van der Waals surface area contributed by atoms with E-state index in [-0.39, 0.29) is 24.9 Å². The van der Waals surface area contributed by atoms with Crippen molar-refractivity contribution in [2.75, 3.05) is 44.4 Å². The Morgan fingerprint density at radius 1 is 1.33 bits per heavy atom. The van der Waals surface area contributed by atoms with Crippen LogP contribution < -0.4 is 10.2 Å². The first-order valence-corrected chi connectivity index (χ1v) is 8.00. The Balaban J connectivity index is 1.96. The monoisotopic (exact) mass is 307 g/mol. The Morgan fingerprint density at radius 2 is 2.10 bits per heavy atom. The summed E-state index contributed by atoms with van der Waals surface area (Å²) in [5.41, 5.74) is 1.11. The Kier molecular flexibility index (Phi) is 5.50. The van der Waals surface area contributed by atoms with E-state index in [0.717, 1.165) is 24.4 Å². The summed E-state index contributed by atoms with van der Waals surface area (Å²) >= 11 is 1.83.